The zero-order chi connectivity index (χ0) is 14.4. The lowest BCUT2D eigenvalue weighted by molar-refractivity contribution is 0.0697. The number of benzene rings is 1. The number of aromatic carboxylic acids is 1. The Hall–Kier alpha value is -1.75. The molecule has 4 N–H and O–H groups in total. The van der Waals surface area contributed by atoms with Crippen LogP contribution in [0.4, 0.5) is 11.4 Å². The summed E-state index contributed by atoms with van der Waals surface area (Å²) in [5, 5.41) is 18.5. The fraction of sp³-hybridized carbons (Fsp3) is 0.500. The standard InChI is InChI=1S/C14H22N2O3/c1-3-11(4-2)16(7-8-17)13-6-5-10(15)9-12(13)14(18)19/h5-6,9,11,17H,3-4,7-8,15H2,1-2H3,(H,18,19). The van der Waals surface area contributed by atoms with Crippen molar-refractivity contribution in [2.45, 2.75) is 32.7 Å². The Labute approximate surface area is 113 Å². The lowest BCUT2D eigenvalue weighted by atomic mass is 10.1. The third-order valence-corrected chi connectivity index (χ3v) is 3.28. The highest BCUT2D eigenvalue weighted by Crippen LogP contribution is 2.26. The number of rotatable bonds is 7. The van der Waals surface area contributed by atoms with Gasteiger partial charge in [-0.05, 0) is 31.0 Å². The average molecular weight is 266 g/mol. The van der Waals surface area contributed by atoms with Gasteiger partial charge in [-0.25, -0.2) is 4.79 Å². The van der Waals surface area contributed by atoms with Crippen LogP contribution >= 0.6 is 0 Å². The molecule has 0 aromatic heterocycles. The Kier molecular flexibility index (Phi) is 5.63. The number of nitrogens with two attached hydrogens (primary N) is 1. The molecule has 0 atom stereocenters. The number of carboxylic acid groups (broad SMARTS) is 1. The van der Waals surface area contributed by atoms with Crippen molar-refractivity contribution in [2.24, 2.45) is 0 Å². The molecule has 1 aromatic rings. The van der Waals surface area contributed by atoms with E-state index in [9.17, 15) is 15.0 Å². The number of nitrogens with zero attached hydrogens (tertiary/aromatic N) is 1. The summed E-state index contributed by atoms with van der Waals surface area (Å²) in [7, 11) is 0. The quantitative estimate of drug-likeness (QED) is 0.657. The van der Waals surface area contributed by atoms with Gasteiger partial charge in [0.1, 0.15) is 0 Å². The van der Waals surface area contributed by atoms with Crippen LogP contribution in [0.5, 0.6) is 0 Å². The van der Waals surface area contributed by atoms with Gasteiger partial charge in [-0.15, -0.1) is 0 Å². The van der Waals surface area contributed by atoms with E-state index in [-0.39, 0.29) is 18.2 Å². The van der Waals surface area contributed by atoms with E-state index in [0.717, 1.165) is 12.8 Å². The number of carboxylic acids is 1. The molecule has 0 fully saturated rings. The zero-order valence-corrected chi connectivity index (χ0v) is 11.5. The van der Waals surface area contributed by atoms with Crippen LogP contribution in [0.15, 0.2) is 18.2 Å². The van der Waals surface area contributed by atoms with Crippen LogP contribution in [-0.4, -0.2) is 35.4 Å². The summed E-state index contributed by atoms with van der Waals surface area (Å²) in [6, 6.07) is 5.07. The first-order valence-electron chi connectivity index (χ1n) is 6.55. The number of hydrogen-bond acceptors (Lipinski definition) is 4. The first-order valence-corrected chi connectivity index (χ1v) is 6.55. The van der Waals surface area contributed by atoms with Gasteiger partial charge in [0.15, 0.2) is 0 Å². The summed E-state index contributed by atoms with van der Waals surface area (Å²) >= 11 is 0. The molecule has 0 unspecified atom stereocenters. The summed E-state index contributed by atoms with van der Waals surface area (Å²) in [5.74, 6) is -1.00. The topological polar surface area (TPSA) is 86.8 Å². The number of anilines is 2. The van der Waals surface area contributed by atoms with Crippen molar-refractivity contribution in [1.29, 1.82) is 0 Å². The highest BCUT2D eigenvalue weighted by Gasteiger charge is 2.21. The molecule has 0 aliphatic carbocycles. The predicted molar refractivity (Wildman–Crippen MR) is 76.6 cm³/mol. The maximum absolute atomic E-state index is 11.3. The van der Waals surface area contributed by atoms with Crippen molar-refractivity contribution in [2.75, 3.05) is 23.8 Å². The van der Waals surface area contributed by atoms with Crippen molar-refractivity contribution in [3.8, 4) is 0 Å². The van der Waals surface area contributed by atoms with Crippen LogP contribution in [0.1, 0.15) is 37.0 Å². The van der Waals surface area contributed by atoms with E-state index >= 15 is 0 Å². The summed E-state index contributed by atoms with van der Waals surface area (Å²) < 4.78 is 0. The highest BCUT2D eigenvalue weighted by atomic mass is 16.4. The smallest absolute Gasteiger partial charge is 0.337 e. The minimum Gasteiger partial charge on any atom is -0.478 e. The molecule has 5 heteroatoms. The molecule has 0 aliphatic heterocycles. The fourth-order valence-electron chi connectivity index (χ4n) is 2.31. The molecule has 0 saturated heterocycles. The Balaban J connectivity index is 3.25. The van der Waals surface area contributed by atoms with Crippen LogP contribution in [-0.2, 0) is 0 Å². The Morgan fingerprint density at radius 1 is 1.37 bits per heavy atom. The van der Waals surface area contributed by atoms with Crippen LogP contribution in [0.3, 0.4) is 0 Å². The number of hydrogen-bond donors (Lipinski definition) is 3. The predicted octanol–water partition coefficient (Wildman–Crippen LogP) is 1.95. The van der Waals surface area contributed by atoms with Gasteiger partial charge in [0.25, 0.3) is 0 Å². The molecule has 0 radical (unpaired) electrons. The van der Waals surface area contributed by atoms with Crippen molar-refractivity contribution in [3.05, 3.63) is 23.8 Å². The molecule has 1 aromatic carbocycles. The SMILES string of the molecule is CCC(CC)N(CCO)c1ccc(N)cc1C(=O)O. The molecule has 0 saturated carbocycles. The third-order valence-electron chi connectivity index (χ3n) is 3.28. The minimum absolute atomic E-state index is 0.0140. The molecule has 106 valence electrons. The Morgan fingerprint density at radius 2 is 2.00 bits per heavy atom. The van der Waals surface area contributed by atoms with Gasteiger partial charge in [0.2, 0.25) is 0 Å². The number of nitrogen functional groups attached to an aromatic ring is 1. The van der Waals surface area contributed by atoms with E-state index in [0.29, 0.717) is 17.9 Å². The first-order chi connectivity index (χ1) is 9.04. The van der Waals surface area contributed by atoms with Gasteiger partial charge in [0, 0.05) is 18.3 Å². The molecule has 19 heavy (non-hydrogen) atoms. The van der Waals surface area contributed by atoms with Gasteiger partial charge in [0.05, 0.1) is 17.9 Å². The summed E-state index contributed by atoms with van der Waals surface area (Å²) in [5.41, 5.74) is 6.87. The monoisotopic (exact) mass is 266 g/mol. The lowest BCUT2D eigenvalue weighted by Gasteiger charge is -2.33. The fourth-order valence-corrected chi connectivity index (χ4v) is 2.31. The van der Waals surface area contributed by atoms with Gasteiger partial charge >= 0.3 is 5.97 Å². The van der Waals surface area contributed by atoms with E-state index in [4.69, 9.17) is 5.73 Å². The van der Waals surface area contributed by atoms with E-state index in [1.165, 1.54) is 6.07 Å². The van der Waals surface area contributed by atoms with E-state index in [2.05, 4.69) is 13.8 Å². The Bertz CT molecular complexity index is 431. The number of aliphatic hydroxyl groups excluding tert-OH is 1. The van der Waals surface area contributed by atoms with Gasteiger partial charge in [-0.2, -0.15) is 0 Å². The minimum atomic E-state index is -1.00. The lowest BCUT2D eigenvalue weighted by Crippen LogP contribution is -2.37. The molecule has 5 nitrogen and oxygen atoms in total. The normalized spacial score (nSPS) is 10.7. The molecule has 0 bridgehead atoms. The molecule has 0 amide bonds. The van der Waals surface area contributed by atoms with Crippen molar-refractivity contribution in [1.82, 2.24) is 0 Å². The van der Waals surface area contributed by atoms with Crippen LogP contribution < -0.4 is 10.6 Å². The van der Waals surface area contributed by atoms with Crippen molar-refractivity contribution in [3.63, 3.8) is 0 Å². The summed E-state index contributed by atoms with van der Waals surface area (Å²) in [6.45, 7) is 4.50. The molecule has 0 spiro atoms. The van der Waals surface area contributed by atoms with Crippen molar-refractivity contribution < 1.29 is 15.0 Å². The average Bonchev–Trinajstić information content (AvgIpc) is 2.39. The van der Waals surface area contributed by atoms with Gasteiger partial charge < -0.3 is 20.8 Å². The molecular formula is C14H22N2O3. The van der Waals surface area contributed by atoms with Gasteiger partial charge in [-0.3, -0.25) is 0 Å². The van der Waals surface area contributed by atoms with Crippen LogP contribution in [0.2, 0.25) is 0 Å². The molecular weight excluding hydrogens is 244 g/mol. The van der Waals surface area contributed by atoms with E-state index < -0.39 is 5.97 Å². The third kappa shape index (κ3) is 3.61. The number of aliphatic hydroxyl groups is 1. The molecule has 0 heterocycles. The van der Waals surface area contributed by atoms with Crippen LogP contribution in [0.25, 0.3) is 0 Å². The second-order valence-corrected chi connectivity index (χ2v) is 4.47. The summed E-state index contributed by atoms with van der Waals surface area (Å²) in [6.07, 6.45) is 1.78. The largest absolute Gasteiger partial charge is 0.478 e. The number of carbonyl (C=O) groups is 1. The Morgan fingerprint density at radius 3 is 2.47 bits per heavy atom. The second kappa shape index (κ2) is 6.99. The first kappa shape index (κ1) is 15.3. The molecule has 0 aliphatic rings. The zero-order valence-electron chi connectivity index (χ0n) is 11.5. The van der Waals surface area contributed by atoms with E-state index in [1.807, 2.05) is 4.90 Å². The summed E-state index contributed by atoms with van der Waals surface area (Å²) in [4.78, 5) is 13.3. The van der Waals surface area contributed by atoms with Crippen molar-refractivity contribution >= 4 is 17.3 Å². The van der Waals surface area contributed by atoms with Gasteiger partial charge in [-0.1, -0.05) is 13.8 Å². The van der Waals surface area contributed by atoms with Crippen LogP contribution in [0, 0.1) is 0 Å². The second-order valence-electron chi connectivity index (χ2n) is 4.47. The highest BCUT2D eigenvalue weighted by molar-refractivity contribution is 5.95. The maximum atomic E-state index is 11.3. The molecule has 1 rings (SSSR count). The van der Waals surface area contributed by atoms with E-state index in [1.54, 1.807) is 12.1 Å². The maximum Gasteiger partial charge on any atom is 0.337 e.